The molecule has 0 bridgehead atoms. The highest BCUT2D eigenvalue weighted by atomic mass is 16.5. The van der Waals surface area contributed by atoms with Crippen molar-refractivity contribution in [3.8, 4) is 5.75 Å². The molecule has 0 spiro atoms. The van der Waals surface area contributed by atoms with E-state index in [-0.39, 0.29) is 0 Å². The van der Waals surface area contributed by atoms with E-state index in [1.165, 1.54) is 11.1 Å². The summed E-state index contributed by atoms with van der Waals surface area (Å²) in [5.74, 6) is 1.05. The zero-order chi connectivity index (χ0) is 12.8. The molecule has 18 heavy (non-hydrogen) atoms. The first-order valence-corrected chi connectivity index (χ1v) is 6.82. The van der Waals surface area contributed by atoms with Crippen molar-refractivity contribution in [2.24, 2.45) is 0 Å². The van der Waals surface area contributed by atoms with Crippen molar-refractivity contribution < 1.29 is 9.47 Å². The first-order chi connectivity index (χ1) is 8.79. The molecule has 0 aromatic heterocycles. The van der Waals surface area contributed by atoms with Gasteiger partial charge in [-0.05, 0) is 30.5 Å². The predicted molar refractivity (Wildman–Crippen MR) is 73.3 cm³/mol. The van der Waals surface area contributed by atoms with E-state index in [4.69, 9.17) is 9.47 Å². The third-order valence-electron chi connectivity index (χ3n) is 3.37. The lowest BCUT2D eigenvalue weighted by molar-refractivity contribution is 0.0322. The average Bonchev–Trinajstić information content (AvgIpc) is 2.40. The van der Waals surface area contributed by atoms with Crippen LogP contribution in [0.25, 0.3) is 0 Å². The van der Waals surface area contributed by atoms with Crippen LogP contribution in [0.1, 0.15) is 18.1 Å². The molecule has 1 aliphatic heterocycles. The summed E-state index contributed by atoms with van der Waals surface area (Å²) in [6.07, 6.45) is 1.02. The smallest absolute Gasteiger partial charge is 0.122 e. The highest BCUT2D eigenvalue weighted by Crippen LogP contribution is 2.20. The van der Waals surface area contributed by atoms with Crippen LogP contribution in [0.5, 0.6) is 5.75 Å². The molecule has 100 valence electrons. The highest BCUT2D eigenvalue weighted by molar-refractivity contribution is 5.37. The molecular weight excluding hydrogens is 226 g/mol. The number of nitrogens with zero attached hydrogens (tertiary/aromatic N) is 1. The number of hydrogen-bond acceptors (Lipinski definition) is 3. The molecule has 1 aliphatic rings. The zero-order valence-electron chi connectivity index (χ0n) is 11.4. The van der Waals surface area contributed by atoms with Crippen LogP contribution in [-0.4, -0.2) is 44.4 Å². The zero-order valence-corrected chi connectivity index (χ0v) is 11.4. The molecule has 1 aromatic carbocycles. The van der Waals surface area contributed by atoms with Crippen LogP contribution in [0.2, 0.25) is 0 Å². The standard InChI is InChI=1S/C15H23NO2/c1-3-14-5-4-13(2)12-15(14)18-11-8-16-6-9-17-10-7-16/h4-5,12H,3,6-11H2,1-2H3. The molecular formula is C15H23NO2. The molecule has 0 unspecified atom stereocenters. The van der Waals surface area contributed by atoms with Gasteiger partial charge in [-0.1, -0.05) is 19.1 Å². The maximum absolute atomic E-state index is 5.93. The normalized spacial score (nSPS) is 16.8. The molecule has 0 atom stereocenters. The van der Waals surface area contributed by atoms with Crippen LogP contribution < -0.4 is 4.74 Å². The van der Waals surface area contributed by atoms with Gasteiger partial charge in [0.15, 0.2) is 0 Å². The molecule has 2 rings (SSSR count). The summed E-state index contributed by atoms with van der Waals surface area (Å²) in [5.41, 5.74) is 2.55. The van der Waals surface area contributed by atoms with Crippen molar-refractivity contribution in [1.82, 2.24) is 4.90 Å². The van der Waals surface area contributed by atoms with E-state index in [2.05, 4.69) is 36.9 Å². The van der Waals surface area contributed by atoms with Gasteiger partial charge in [0, 0.05) is 19.6 Å². The van der Waals surface area contributed by atoms with Crippen LogP contribution in [0, 0.1) is 6.92 Å². The van der Waals surface area contributed by atoms with E-state index < -0.39 is 0 Å². The molecule has 0 radical (unpaired) electrons. The third kappa shape index (κ3) is 3.72. The van der Waals surface area contributed by atoms with E-state index >= 15 is 0 Å². The molecule has 0 saturated carbocycles. The minimum atomic E-state index is 0.760. The van der Waals surface area contributed by atoms with Gasteiger partial charge < -0.3 is 9.47 Å². The fourth-order valence-electron chi connectivity index (χ4n) is 2.20. The molecule has 0 aliphatic carbocycles. The van der Waals surface area contributed by atoms with Gasteiger partial charge in [0.1, 0.15) is 12.4 Å². The second-order valence-corrected chi connectivity index (χ2v) is 4.77. The minimum Gasteiger partial charge on any atom is -0.492 e. The van der Waals surface area contributed by atoms with Crippen LogP contribution >= 0.6 is 0 Å². The highest BCUT2D eigenvalue weighted by Gasteiger charge is 2.10. The summed E-state index contributed by atoms with van der Waals surface area (Å²) in [7, 11) is 0. The quantitative estimate of drug-likeness (QED) is 0.799. The van der Waals surface area contributed by atoms with Crippen molar-refractivity contribution in [3.63, 3.8) is 0 Å². The van der Waals surface area contributed by atoms with Gasteiger partial charge in [-0.25, -0.2) is 0 Å². The van der Waals surface area contributed by atoms with E-state index in [1.807, 2.05) is 0 Å². The van der Waals surface area contributed by atoms with Gasteiger partial charge in [-0.15, -0.1) is 0 Å². The summed E-state index contributed by atoms with van der Waals surface area (Å²) in [5, 5.41) is 0. The topological polar surface area (TPSA) is 21.7 Å². The van der Waals surface area contributed by atoms with Gasteiger partial charge in [0.05, 0.1) is 13.2 Å². The molecule has 1 saturated heterocycles. The average molecular weight is 249 g/mol. The van der Waals surface area contributed by atoms with Crippen LogP contribution in [0.4, 0.5) is 0 Å². The van der Waals surface area contributed by atoms with E-state index in [0.717, 1.165) is 51.6 Å². The van der Waals surface area contributed by atoms with Crippen molar-refractivity contribution >= 4 is 0 Å². The molecule has 1 heterocycles. The minimum absolute atomic E-state index is 0.760. The molecule has 0 amide bonds. The Morgan fingerprint density at radius 1 is 1.28 bits per heavy atom. The van der Waals surface area contributed by atoms with Gasteiger partial charge >= 0.3 is 0 Å². The maximum Gasteiger partial charge on any atom is 0.122 e. The predicted octanol–water partition coefficient (Wildman–Crippen LogP) is 2.27. The number of benzene rings is 1. The Bertz CT molecular complexity index is 373. The summed E-state index contributed by atoms with van der Waals surface area (Å²) in [6.45, 7) is 9.77. The Kier molecular flexibility index (Phi) is 5.02. The third-order valence-corrected chi connectivity index (χ3v) is 3.37. The van der Waals surface area contributed by atoms with Crippen molar-refractivity contribution in [1.29, 1.82) is 0 Å². The Morgan fingerprint density at radius 2 is 2.06 bits per heavy atom. The maximum atomic E-state index is 5.93. The monoisotopic (exact) mass is 249 g/mol. The van der Waals surface area contributed by atoms with Crippen LogP contribution in [-0.2, 0) is 11.2 Å². The first kappa shape index (κ1) is 13.4. The lowest BCUT2D eigenvalue weighted by Gasteiger charge is -2.26. The second kappa shape index (κ2) is 6.76. The Balaban J connectivity index is 1.83. The fraction of sp³-hybridized carbons (Fsp3) is 0.600. The number of morpholine rings is 1. The molecule has 3 nitrogen and oxygen atoms in total. The van der Waals surface area contributed by atoms with Gasteiger partial charge in [-0.3, -0.25) is 4.90 Å². The van der Waals surface area contributed by atoms with Gasteiger partial charge in [-0.2, -0.15) is 0 Å². The summed E-state index contributed by atoms with van der Waals surface area (Å²) in [4.78, 5) is 2.39. The number of aryl methyl sites for hydroxylation is 2. The summed E-state index contributed by atoms with van der Waals surface area (Å²) in [6, 6.07) is 6.45. The molecule has 3 heteroatoms. The van der Waals surface area contributed by atoms with E-state index in [9.17, 15) is 0 Å². The first-order valence-electron chi connectivity index (χ1n) is 6.82. The van der Waals surface area contributed by atoms with E-state index in [0.29, 0.717) is 0 Å². The van der Waals surface area contributed by atoms with Gasteiger partial charge in [0.25, 0.3) is 0 Å². The number of rotatable bonds is 5. The lowest BCUT2D eigenvalue weighted by atomic mass is 10.1. The second-order valence-electron chi connectivity index (χ2n) is 4.77. The molecule has 1 aromatic rings. The van der Waals surface area contributed by atoms with Gasteiger partial charge in [0.2, 0.25) is 0 Å². The van der Waals surface area contributed by atoms with Crippen LogP contribution in [0.3, 0.4) is 0 Å². The van der Waals surface area contributed by atoms with Crippen LogP contribution in [0.15, 0.2) is 18.2 Å². The molecule has 1 fully saturated rings. The number of hydrogen-bond donors (Lipinski definition) is 0. The SMILES string of the molecule is CCc1ccc(C)cc1OCCN1CCOCC1. The summed E-state index contributed by atoms with van der Waals surface area (Å²) >= 11 is 0. The summed E-state index contributed by atoms with van der Waals surface area (Å²) < 4.78 is 11.3. The Hall–Kier alpha value is -1.06. The Morgan fingerprint density at radius 3 is 2.78 bits per heavy atom. The largest absolute Gasteiger partial charge is 0.492 e. The Labute approximate surface area is 110 Å². The fourth-order valence-corrected chi connectivity index (χ4v) is 2.20. The molecule has 0 N–H and O–H groups in total. The van der Waals surface area contributed by atoms with Crippen molar-refractivity contribution in [2.75, 3.05) is 39.5 Å². The van der Waals surface area contributed by atoms with E-state index in [1.54, 1.807) is 0 Å². The van der Waals surface area contributed by atoms with Crippen molar-refractivity contribution in [3.05, 3.63) is 29.3 Å². The number of ether oxygens (including phenoxy) is 2. The lowest BCUT2D eigenvalue weighted by Crippen LogP contribution is -2.38. The van der Waals surface area contributed by atoms with Crippen molar-refractivity contribution in [2.45, 2.75) is 20.3 Å².